The standard InChI is InChI=1S/C16H20N2O2S.ClH/c17-15(11-5-7-20-8-6-11)16(19)18-9-12-10-21-14-4-2-1-3-13(12)14;/h1-4,10-11,15H,5-9,17H2,(H,18,19);1H. The Morgan fingerprint density at radius 3 is 2.86 bits per heavy atom. The highest BCUT2D eigenvalue weighted by Gasteiger charge is 2.26. The third-order valence-corrected chi connectivity index (χ3v) is 5.10. The summed E-state index contributed by atoms with van der Waals surface area (Å²) in [5.74, 6) is 0.176. The van der Waals surface area contributed by atoms with E-state index < -0.39 is 6.04 Å². The minimum atomic E-state index is -0.432. The lowest BCUT2D eigenvalue weighted by Crippen LogP contribution is -2.46. The van der Waals surface area contributed by atoms with Crippen molar-refractivity contribution >= 4 is 39.7 Å². The number of amides is 1. The molecule has 1 saturated heterocycles. The van der Waals surface area contributed by atoms with E-state index >= 15 is 0 Å². The molecule has 1 atom stereocenters. The monoisotopic (exact) mass is 340 g/mol. The van der Waals surface area contributed by atoms with E-state index in [1.807, 2.05) is 12.1 Å². The Kier molecular flexibility index (Phi) is 6.20. The number of fused-ring (bicyclic) bond motifs is 1. The molecule has 0 saturated carbocycles. The van der Waals surface area contributed by atoms with Crippen LogP contribution in [0.3, 0.4) is 0 Å². The first kappa shape index (κ1) is 17.2. The predicted molar refractivity (Wildman–Crippen MR) is 92.4 cm³/mol. The summed E-state index contributed by atoms with van der Waals surface area (Å²) in [4.78, 5) is 12.2. The van der Waals surface area contributed by atoms with Gasteiger partial charge in [-0.25, -0.2) is 0 Å². The first-order valence-corrected chi connectivity index (χ1v) is 8.20. The van der Waals surface area contributed by atoms with Gasteiger partial charge in [-0.15, -0.1) is 23.7 Å². The van der Waals surface area contributed by atoms with Crippen LogP contribution in [-0.2, 0) is 16.1 Å². The van der Waals surface area contributed by atoms with Gasteiger partial charge in [0.1, 0.15) is 0 Å². The van der Waals surface area contributed by atoms with Gasteiger partial charge in [0, 0.05) is 24.5 Å². The number of hydrogen-bond donors (Lipinski definition) is 2. The molecule has 3 N–H and O–H groups in total. The van der Waals surface area contributed by atoms with Crippen LogP contribution in [-0.4, -0.2) is 25.2 Å². The van der Waals surface area contributed by atoms with E-state index in [-0.39, 0.29) is 24.2 Å². The zero-order valence-electron chi connectivity index (χ0n) is 12.3. The van der Waals surface area contributed by atoms with Gasteiger partial charge in [-0.3, -0.25) is 4.79 Å². The Bertz CT molecular complexity index is 625. The summed E-state index contributed by atoms with van der Waals surface area (Å²) in [5.41, 5.74) is 7.23. The van der Waals surface area contributed by atoms with Gasteiger partial charge in [0.15, 0.2) is 0 Å². The highest BCUT2D eigenvalue weighted by atomic mass is 35.5. The van der Waals surface area contributed by atoms with Crippen molar-refractivity contribution in [3.8, 4) is 0 Å². The van der Waals surface area contributed by atoms with Crippen LogP contribution in [0.1, 0.15) is 18.4 Å². The molecule has 1 aromatic heterocycles. The smallest absolute Gasteiger partial charge is 0.237 e. The van der Waals surface area contributed by atoms with Crippen molar-refractivity contribution in [3.05, 3.63) is 35.2 Å². The van der Waals surface area contributed by atoms with E-state index in [4.69, 9.17) is 10.5 Å². The van der Waals surface area contributed by atoms with Crippen LogP contribution >= 0.6 is 23.7 Å². The van der Waals surface area contributed by atoms with E-state index in [2.05, 4.69) is 22.8 Å². The van der Waals surface area contributed by atoms with Gasteiger partial charge in [0.05, 0.1) is 6.04 Å². The maximum absolute atomic E-state index is 12.2. The fraction of sp³-hybridized carbons (Fsp3) is 0.438. The van der Waals surface area contributed by atoms with Gasteiger partial charge in [0.25, 0.3) is 0 Å². The molecule has 0 spiro atoms. The van der Waals surface area contributed by atoms with E-state index in [1.165, 1.54) is 10.1 Å². The summed E-state index contributed by atoms with van der Waals surface area (Å²) in [6.07, 6.45) is 1.74. The molecule has 0 radical (unpaired) electrons. The third kappa shape index (κ3) is 3.79. The predicted octanol–water partition coefficient (Wildman–Crippen LogP) is 2.69. The molecular formula is C16H21ClN2O2S. The third-order valence-electron chi connectivity index (χ3n) is 4.09. The number of nitrogens with one attached hydrogen (secondary N) is 1. The number of hydrogen-bond acceptors (Lipinski definition) is 4. The molecule has 0 bridgehead atoms. The van der Waals surface area contributed by atoms with Gasteiger partial charge in [0.2, 0.25) is 5.91 Å². The number of thiophene rings is 1. The number of ether oxygens (including phenoxy) is 1. The molecular weight excluding hydrogens is 320 g/mol. The normalized spacial score (nSPS) is 17.0. The summed E-state index contributed by atoms with van der Waals surface area (Å²) in [5, 5.41) is 6.29. The zero-order chi connectivity index (χ0) is 14.7. The Hall–Kier alpha value is -1.14. The average Bonchev–Trinajstić information content (AvgIpc) is 2.96. The molecule has 2 aromatic rings. The van der Waals surface area contributed by atoms with Crippen LogP contribution < -0.4 is 11.1 Å². The van der Waals surface area contributed by atoms with Gasteiger partial charge >= 0.3 is 0 Å². The second kappa shape index (κ2) is 7.92. The lowest BCUT2D eigenvalue weighted by atomic mass is 9.92. The molecule has 1 unspecified atom stereocenters. The fourth-order valence-corrected chi connectivity index (χ4v) is 3.72. The second-order valence-corrected chi connectivity index (χ2v) is 6.36. The summed E-state index contributed by atoms with van der Waals surface area (Å²) in [6, 6.07) is 7.81. The van der Waals surface area contributed by atoms with Gasteiger partial charge in [-0.1, -0.05) is 18.2 Å². The Balaban J connectivity index is 0.00000176. The molecule has 1 fully saturated rings. The van der Waals surface area contributed by atoms with E-state index in [9.17, 15) is 4.79 Å². The highest BCUT2D eigenvalue weighted by molar-refractivity contribution is 7.17. The molecule has 3 rings (SSSR count). The number of nitrogens with two attached hydrogens (primary N) is 1. The van der Waals surface area contributed by atoms with Crippen LogP contribution in [0.4, 0.5) is 0 Å². The van der Waals surface area contributed by atoms with Gasteiger partial charge in [-0.05, 0) is 41.2 Å². The van der Waals surface area contributed by atoms with Crippen LogP contribution in [0, 0.1) is 5.92 Å². The number of carbonyl (C=O) groups is 1. The largest absolute Gasteiger partial charge is 0.381 e. The van der Waals surface area contributed by atoms with Crippen molar-refractivity contribution < 1.29 is 9.53 Å². The Labute approximate surface area is 140 Å². The quantitative estimate of drug-likeness (QED) is 0.899. The summed E-state index contributed by atoms with van der Waals surface area (Å²) < 4.78 is 6.56. The second-order valence-electron chi connectivity index (χ2n) is 5.45. The molecule has 1 aliphatic rings. The molecule has 22 heavy (non-hydrogen) atoms. The number of carbonyl (C=O) groups excluding carboxylic acids is 1. The lowest BCUT2D eigenvalue weighted by molar-refractivity contribution is -0.124. The number of rotatable bonds is 4. The summed E-state index contributed by atoms with van der Waals surface area (Å²) in [7, 11) is 0. The Morgan fingerprint density at radius 2 is 2.09 bits per heavy atom. The molecule has 0 aliphatic carbocycles. The molecule has 120 valence electrons. The van der Waals surface area contributed by atoms with E-state index in [0.717, 1.165) is 18.4 Å². The summed E-state index contributed by atoms with van der Waals surface area (Å²) in [6.45, 7) is 1.96. The van der Waals surface area contributed by atoms with Crippen LogP contribution in [0.25, 0.3) is 10.1 Å². The van der Waals surface area contributed by atoms with E-state index in [0.29, 0.717) is 19.8 Å². The van der Waals surface area contributed by atoms with Crippen LogP contribution in [0.2, 0.25) is 0 Å². The number of halogens is 1. The molecule has 4 nitrogen and oxygen atoms in total. The first-order chi connectivity index (χ1) is 10.3. The van der Waals surface area contributed by atoms with Crippen molar-refractivity contribution in [2.75, 3.05) is 13.2 Å². The summed E-state index contributed by atoms with van der Waals surface area (Å²) >= 11 is 1.70. The van der Waals surface area contributed by atoms with Gasteiger partial charge in [-0.2, -0.15) is 0 Å². The van der Waals surface area contributed by atoms with Crippen molar-refractivity contribution in [1.82, 2.24) is 5.32 Å². The zero-order valence-corrected chi connectivity index (χ0v) is 13.9. The fourth-order valence-electron chi connectivity index (χ4n) is 2.76. The van der Waals surface area contributed by atoms with Crippen molar-refractivity contribution in [1.29, 1.82) is 0 Å². The molecule has 6 heteroatoms. The van der Waals surface area contributed by atoms with Crippen molar-refractivity contribution in [3.63, 3.8) is 0 Å². The Morgan fingerprint density at radius 1 is 1.36 bits per heavy atom. The minimum absolute atomic E-state index is 0. The average molecular weight is 341 g/mol. The molecule has 1 amide bonds. The van der Waals surface area contributed by atoms with Crippen LogP contribution in [0.15, 0.2) is 29.6 Å². The topological polar surface area (TPSA) is 64.4 Å². The highest BCUT2D eigenvalue weighted by Crippen LogP contribution is 2.25. The molecule has 1 aliphatic heterocycles. The molecule has 1 aromatic carbocycles. The molecule has 2 heterocycles. The lowest BCUT2D eigenvalue weighted by Gasteiger charge is -2.26. The maximum atomic E-state index is 12.2. The van der Waals surface area contributed by atoms with Gasteiger partial charge < -0.3 is 15.8 Å². The maximum Gasteiger partial charge on any atom is 0.237 e. The first-order valence-electron chi connectivity index (χ1n) is 7.32. The minimum Gasteiger partial charge on any atom is -0.381 e. The number of benzene rings is 1. The van der Waals surface area contributed by atoms with Crippen molar-refractivity contribution in [2.45, 2.75) is 25.4 Å². The van der Waals surface area contributed by atoms with Crippen molar-refractivity contribution in [2.24, 2.45) is 11.7 Å². The SMILES string of the molecule is Cl.NC(C(=O)NCc1csc2ccccc12)C1CCOCC1. The van der Waals surface area contributed by atoms with E-state index in [1.54, 1.807) is 11.3 Å². The van der Waals surface area contributed by atoms with Crippen LogP contribution in [0.5, 0.6) is 0 Å².